The first-order valence-electron chi connectivity index (χ1n) is 7.82. The van der Waals surface area contributed by atoms with Crippen LogP contribution in [0.1, 0.15) is 45.1 Å². The van der Waals surface area contributed by atoms with Crippen molar-refractivity contribution in [2.24, 2.45) is 5.73 Å². The summed E-state index contributed by atoms with van der Waals surface area (Å²) in [4.78, 5) is 22.6. The molecule has 1 aliphatic rings. The summed E-state index contributed by atoms with van der Waals surface area (Å²) in [5, 5.41) is 3.29. The first-order valence-corrected chi connectivity index (χ1v) is 7.82. The lowest BCUT2D eigenvalue weighted by Crippen LogP contribution is -2.48. The molecular formula is C15H25N5O. The molecule has 1 aliphatic heterocycles. The summed E-state index contributed by atoms with van der Waals surface area (Å²) in [6.45, 7) is 5.82. The second-order valence-electron chi connectivity index (χ2n) is 5.41. The Kier molecular flexibility index (Phi) is 5.36. The number of nitrogens with zero attached hydrogens (tertiary/aromatic N) is 3. The van der Waals surface area contributed by atoms with Crippen LogP contribution in [-0.2, 0) is 11.2 Å². The molecular weight excluding hydrogens is 266 g/mol. The van der Waals surface area contributed by atoms with E-state index < -0.39 is 0 Å². The van der Waals surface area contributed by atoms with E-state index in [0.717, 1.165) is 62.4 Å². The Morgan fingerprint density at radius 3 is 2.90 bits per heavy atom. The first kappa shape index (κ1) is 15.5. The molecule has 21 heavy (non-hydrogen) atoms. The highest BCUT2D eigenvalue weighted by atomic mass is 16.1. The molecule has 2 rings (SSSR count). The molecule has 1 aromatic heterocycles. The lowest BCUT2D eigenvalue weighted by Gasteiger charge is -2.36. The van der Waals surface area contributed by atoms with Gasteiger partial charge in [0, 0.05) is 18.7 Å². The maximum Gasteiger partial charge on any atom is 0.240 e. The van der Waals surface area contributed by atoms with Crippen LogP contribution in [0.15, 0.2) is 6.33 Å². The molecule has 0 saturated carbocycles. The quantitative estimate of drug-likeness (QED) is 0.833. The molecule has 1 saturated heterocycles. The Balaban J connectivity index is 2.40. The number of anilines is 2. The van der Waals surface area contributed by atoms with E-state index >= 15 is 0 Å². The molecule has 116 valence electrons. The summed E-state index contributed by atoms with van der Waals surface area (Å²) in [5.74, 6) is 1.48. The number of nitrogens with one attached hydrogen (secondary N) is 1. The van der Waals surface area contributed by atoms with Gasteiger partial charge in [-0.05, 0) is 32.6 Å². The third-order valence-electron chi connectivity index (χ3n) is 3.87. The molecule has 0 spiro atoms. The minimum Gasteiger partial charge on any atom is -0.370 e. The van der Waals surface area contributed by atoms with Gasteiger partial charge in [-0.3, -0.25) is 4.79 Å². The van der Waals surface area contributed by atoms with Gasteiger partial charge >= 0.3 is 0 Å². The number of piperidine rings is 1. The van der Waals surface area contributed by atoms with Crippen molar-refractivity contribution >= 4 is 17.5 Å². The number of aromatic nitrogens is 2. The molecule has 0 radical (unpaired) electrons. The zero-order valence-corrected chi connectivity index (χ0v) is 12.9. The van der Waals surface area contributed by atoms with Crippen LogP contribution in [0.25, 0.3) is 0 Å². The van der Waals surface area contributed by atoms with Gasteiger partial charge in [0.05, 0.1) is 0 Å². The third-order valence-corrected chi connectivity index (χ3v) is 3.87. The second-order valence-corrected chi connectivity index (χ2v) is 5.41. The molecule has 6 heteroatoms. The van der Waals surface area contributed by atoms with Gasteiger partial charge in [-0.2, -0.15) is 0 Å². The fourth-order valence-electron chi connectivity index (χ4n) is 2.93. The van der Waals surface area contributed by atoms with E-state index in [9.17, 15) is 4.79 Å². The van der Waals surface area contributed by atoms with Crippen molar-refractivity contribution < 1.29 is 4.79 Å². The Morgan fingerprint density at radius 2 is 2.24 bits per heavy atom. The Hall–Kier alpha value is -1.85. The maximum absolute atomic E-state index is 11.7. The van der Waals surface area contributed by atoms with Gasteiger partial charge in [0.2, 0.25) is 5.91 Å². The van der Waals surface area contributed by atoms with Gasteiger partial charge in [0.25, 0.3) is 0 Å². The summed E-state index contributed by atoms with van der Waals surface area (Å²) < 4.78 is 0. The maximum atomic E-state index is 11.7. The number of hydrogen-bond acceptors (Lipinski definition) is 5. The van der Waals surface area contributed by atoms with E-state index in [-0.39, 0.29) is 11.9 Å². The summed E-state index contributed by atoms with van der Waals surface area (Å²) in [6.07, 6.45) is 6.38. The first-order chi connectivity index (χ1) is 10.2. The molecule has 1 unspecified atom stereocenters. The number of amides is 1. The third kappa shape index (κ3) is 3.43. The predicted molar refractivity (Wildman–Crippen MR) is 84.4 cm³/mol. The van der Waals surface area contributed by atoms with Crippen LogP contribution in [0.3, 0.4) is 0 Å². The molecule has 1 fully saturated rings. The number of carbonyl (C=O) groups is 1. The molecule has 0 bridgehead atoms. The lowest BCUT2D eigenvalue weighted by atomic mass is 10.00. The molecule has 2 heterocycles. The SMILES string of the molecule is CCCc1c(NCC)ncnc1N1CCCCC1C(N)=O. The van der Waals surface area contributed by atoms with Crippen LogP contribution in [-0.4, -0.2) is 35.0 Å². The van der Waals surface area contributed by atoms with Crippen molar-refractivity contribution in [1.29, 1.82) is 0 Å². The molecule has 3 N–H and O–H groups in total. The normalized spacial score (nSPS) is 18.6. The van der Waals surface area contributed by atoms with Crippen LogP contribution >= 0.6 is 0 Å². The summed E-state index contributed by atoms with van der Waals surface area (Å²) in [6, 6.07) is -0.251. The largest absolute Gasteiger partial charge is 0.370 e. The number of primary amides is 1. The van der Waals surface area contributed by atoms with Crippen LogP contribution in [0, 0.1) is 0 Å². The van der Waals surface area contributed by atoms with E-state index in [0.29, 0.717) is 0 Å². The smallest absolute Gasteiger partial charge is 0.240 e. The van der Waals surface area contributed by atoms with Crippen molar-refractivity contribution in [3.63, 3.8) is 0 Å². The van der Waals surface area contributed by atoms with Crippen molar-refractivity contribution in [2.45, 2.75) is 52.0 Å². The fourth-order valence-corrected chi connectivity index (χ4v) is 2.93. The highest BCUT2D eigenvalue weighted by Crippen LogP contribution is 2.30. The molecule has 1 amide bonds. The molecule has 1 aromatic rings. The van der Waals surface area contributed by atoms with E-state index in [1.165, 1.54) is 0 Å². The highest BCUT2D eigenvalue weighted by Gasteiger charge is 2.30. The average Bonchev–Trinajstić information content (AvgIpc) is 2.49. The zero-order chi connectivity index (χ0) is 15.2. The second kappa shape index (κ2) is 7.24. The van der Waals surface area contributed by atoms with Gasteiger partial charge in [-0.25, -0.2) is 9.97 Å². The molecule has 6 nitrogen and oxygen atoms in total. The molecule has 0 aliphatic carbocycles. The Morgan fingerprint density at radius 1 is 1.43 bits per heavy atom. The lowest BCUT2D eigenvalue weighted by molar-refractivity contribution is -0.119. The minimum absolute atomic E-state index is 0.251. The molecule has 1 atom stereocenters. The topological polar surface area (TPSA) is 84.1 Å². The van der Waals surface area contributed by atoms with Gasteiger partial charge in [-0.1, -0.05) is 13.3 Å². The van der Waals surface area contributed by atoms with E-state index in [4.69, 9.17) is 5.73 Å². The van der Waals surface area contributed by atoms with Gasteiger partial charge < -0.3 is 16.0 Å². The van der Waals surface area contributed by atoms with Crippen molar-refractivity contribution in [1.82, 2.24) is 9.97 Å². The predicted octanol–water partition coefficient (Wildman–Crippen LogP) is 1.71. The Bertz CT molecular complexity index is 491. The molecule has 0 aromatic carbocycles. The summed E-state index contributed by atoms with van der Waals surface area (Å²) >= 11 is 0. The Labute approximate surface area is 126 Å². The average molecular weight is 291 g/mol. The van der Waals surface area contributed by atoms with Crippen molar-refractivity contribution in [2.75, 3.05) is 23.3 Å². The monoisotopic (exact) mass is 291 g/mol. The highest BCUT2D eigenvalue weighted by molar-refractivity contribution is 5.84. The van der Waals surface area contributed by atoms with Crippen LogP contribution in [0.2, 0.25) is 0 Å². The van der Waals surface area contributed by atoms with Crippen molar-refractivity contribution in [3.05, 3.63) is 11.9 Å². The number of carbonyl (C=O) groups excluding carboxylic acids is 1. The zero-order valence-electron chi connectivity index (χ0n) is 12.9. The number of hydrogen-bond donors (Lipinski definition) is 2. The van der Waals surface area contributed by atoms with E-state index in [1.807, 2.05) is 6.92 Å². The minimum atomic E-state index is -0.263. The summed E-state index contributed by atoms with van der Waals surface area (Å²) in [7, 11) is 0. The van der Waals surface area contributed by atoms with Gasteiger partial charge in [-0.15, -0.1) is 0 Å². The summed E-state index contributed by atoms with van der Waals surface area (Å²) in [5.41, 5.74) is 6.67. The number of nitrogens with two attached hydrogens (primary N) is 1. The van der Waals surface area contributed by atoms with Gasteiger partial charge in [0.1, 0.15) is 24.0 Å². The number of rotatable bonds is 6. The van der Waals surface area contributed by atoms with Crippen LogP contribution < -0.4 is 16.0 Å². The van der Waals surface area contributed by atoms with Crippen LogP contribution in [0.4, 0.5) is 11.6 Å². The van der Waals surface area contributed by atoms with Crippen LogP contribution in [0.5, 0.6) is 0 Å². The standard InChI is InChI=1S/C15H25N5O/c1-3-7-11-14(17-4-2)18-10-19-15(11)20-9-6-5-8-12(20)13(16)21/h10,12H,3-9H2,1-2H3,(H2,16,21)(H,17,18,19). The van der Waals surface area contributed by atoms with E-state index in [2.05, 4.69) is 27.1 Å². The van der Waals surface area contributed by atoms with Gasteiger partial charge in [0.15, 0.2) is 0 Å². The fraction of sp³-hybridized carbons (Fsp3) is 0.667. The van der Waals surface area contributed by atoms with Crippen molar-refractivity contribution in [3.8, 4) is 0 Å². The van der Waals surface area contributed by atoms with E-state index in [1.54, 1.807) is 6.33 Å².